The number of carbonyl (C=O) groups is 1. The number of carbonyl (C=O) groups excluding carboxylic acids is 1. The monoisotopic (exact) mass is 284 g/mol. The molecule has 0 aliphatic rings. The maximum absolute atomic E-state index is 12.3. The summed E-state index contributed by atoms with van der Waals surface area (Å²) >= 11 is 0. The Labute approximate surface area is 125 Å². The van der Waals surface area contributed by atoms with Crippen LogP contribution < -0.4 is 0 Å². The minimum absolute atomic E-state index is 0.171. The van der Waals surface area contributed by atoms with Crippen molar-refractivity contribution < 1.29 is 14.3 Å². The van der Waals surface area contributed by atoms with Gasteiger partial charge in [-0.25, -0.2) is 4.79 Å². The second kappa shape index (κ2) is 7.60. The minimum atomic E-state index is -0.300. The van der Waals surface area contributed by atoms with Crippen molar-refractivity contribution in [3.05, 3.63) is 71.3 Å². The highest BCUT2D eigenvalue weighted by Crippen LogP contribution is 2.14. The van der Waals surface area contributed by atoms with Gasteiger partial charge in [0.2, 0.25) is 0 Å². The molecule has 0 radical (unpaired) electrons. The summed E-state index contributed by atoms with van der Waals surface area (Å²) in [6.45, 7) is 2.31. The normalized spacial score (nSPS) is 11.9. The van der Waals surface area contributed by atoms with Gasteiger partial charge in [0.05, 0.1) is 12.2 Å². The molecule has 0 saturated carbocycles. The van der Waals surface area contributed by atoms with Crippen LogP contribution >= 0.6 is 0 Å². The van der Waals surface area contributed by atoms with Gasteiger partial charge in [-0.05, 0) is 24.1 Å². The number of rotatable bonds is 6. The molecular weight excluding hydrogens is 264 g/mol. The summed E-state index contributed by atoms with van der Waals surface area (Å²) in [5.74, 6) is -0.300. The van der Waals surface area contributed by atoms with Crippen LogP contribution in [0.4, 0.5) is 0 Å². The zero-order chi connectivity index (χ0) is 15.1. The number of hydrogen-bond acceptors (Lipinski definition) is 3. The molecule has 0 N–H and O–H groups in total. The van der Waals surface area contributed by atoms with Crippen LogP contribution in [0.25, 0.3) is 0 Å². The predicted molar refractivity (Wildman–Crippen MR) is 82.2 cm³/mol. The third kappa shape index (κ3) is 4.43. The summed E-state index contributed by atoms with van der Waals surface area (Å²) in [4.78, 5) is 12.3. The molecule has 0 amide bonds. The van der Waals surface area contributed by atoms with E-state index in [1.54, 1.807) is 13.2 Å². The molecule has 21 heavy (non-hydrogen) atoms. The smallest absolute Gasteiger partial charge is 0.338 e. The predicted octanol–water partition coefficient (Wildman–Crippen LogP) is 3.62. The van der Waals surface area contributed by atoms with Gasteiger partial charge in [-0.15, -0.1) is 0 Å². The Morgan fingerprint density at radius 2 is 1.71 bits per heavy atom. The molecule has 2 rings (SSSR count). The molecule has 1 atom stereocenters. The van der Waals surface area contributed by atoms with E-state index < -0.39 is 0 Å². The van der Waals surface area contributed by atoms with Gasteiger partial charge in [0.15, 0.2) is 0 Å². The van der Waals surface area contributed by atoms with E-state index in [-0.39, 0.29) is 12.1 Å². The fraction of sp³-hybridized carbons (Fsp3) is 0.278. The number of esters is 1. The van der Waals surface area contributed by atoms with Crippen molar-refractivity contribution in [3.8, 4) is 0 Å². The molecule has 0 aliphatic heterocycles. The van der Waals surface area contributed by atoms with E-state index in [1.165, 1.54) is 0 Å². The van der Waals surface area contributed by atoms with Gasteiger partial charge in [0.25, 0.3) is 0 Å². The van der Waals surface area contributed by atoms with Crippen molar-refractivity contribution in [1.29, 1.82) is 0 Å². The zero-order valence-electron chi connectivity index (χ0n) is 12.4. The van der Waals surface area contributed by atoms with Gasteiger partial charge in [0.1, 0.15) is 6.10 Å². The van der Waals surface area contributed by atoms with Crippen LogP contribution in [0.2, 0.25) is 0 Å². The second-order valence-corrected chi connectivity index (χ2v) is 5.00. The van der Waals surface area contributed by atoms with Crippen LogP contribution in [0.5, 0.6) is 0 Å². The first kappa shape index (κ1) is 15.3. The lowest BCUT2D eigenvalue weighted by Crippen LogP contribution is -2.18. The Kier molecular flexibility index (Phi) is 5.52. The van der Waals surface area contributed by atoms with Gasteiger partial charge in [-0.1, -0.05) is 48.5 Å². The zero-order valence-corrected chi connectivity index (χ0v) is 12.4. The quantitative estimate of drug-likeness (QED) is 0.760. The van der Waals surface area contributed by atoms with E-state index in [4.69, 9.17) is 9.47 Å². The first-order chi connectivity index (χ1) is 10.2. The number of ether oxygens (including phenoxy) is 2. The molecule has 2 aromatic carbocycles. The van der Waals surface area contributed by atoms with Gasteiger partial charge < -0.3 is 9.47 Å². The Morgan fingerprint density at radius 1 is 1.05 bits per heavy atom. The van der Waals surface area contributed by atoms with Gasteiger partial charge in [-0.2, -0.15) is 0 Å². The standard InChI is InChI=1S/C18H20O3/c1-14(12-15-8-4-3-5-9-15)21-18(19)17-11-7-6-10-16(17)13-20-2/h3-11,14H,12-13H2,1-2H3. The maximum atomic E-state index is 12.3. The van der Waals surface area contributed by atoms with Crippen LogP contribution in [-0.4, -0.2) is 19.2 Å². The average molecular weight is 284 g/mol. The molecule has 2 aromatic rings. The largest absolute Gasteiger partial charge is 0.459 e. The molecule has 0 bridgehead atoms. The molecule has 0 fully saturated rings. The van der Waals surface area contributed by atoms with Crippen molar-refractivity contribution in [1.82, 2.24) is 0 Å². The second-order valence-electron chi connectivity index (χ2n) is 5.00. The number of benzene rings is 2. The molecule has 3 nitrogen and oxygen atoms in total. The highest BCUT2D eigenvalue weighted by atomic mass is 16.5. The fourth-order valence-electron chi connectivity index (χ4n) is 2.23. The third-order valence-corrected chi connectivity index (χ3v) is 3.21. The number of hydrogen-bond donors (Lipinski definition) is 0. The summed E-state index contributed by atoms with van der Waals surface area (Å²) in [5, 5.41) is 0. The number of methoxy groups -OCH3 is 1. The molecule has 110 valence electrons. The van der Waals surface area contributed by atoms with E-state index in [0.717, 1.165) is 11.1 Å². The Bertz CT molecular complexity index is 578. The lowest BCUT2D eigenvalue weighted by atomic mass is 10.1. The maximum Gasteiger partial charge on any atom is 0.338 e. The topological polar surface area (TPSA) is 35.5 Å². The van der Waals surface area contributed by atoms with Crippen molar-refractivity contribution in [2.45, 2.75) is 26.1 Å². The summed E-state index contributed by atoms with van der Waals surface area (Å²) in [6.07, 6.45) is 0.537. The first-order valence-corrected chi connectivity index (χ1v) is 7.02. The van der Waals surface area contributed by atoms with Crippen molar-refractivity contribution in [2.75, 3.05) is 7.11 Å². The van der Waals surface area contributed by atoms with Crippen LogP contribution in [0.3, 0.4) is 0 Å². The fourth-order valence-corrected chi connectivity index (χ4v) is 2.23. The Balaban J connectivity index is 2.01. The van der Waals surface area contributed by atoms with Crippen molar-refractivity contribution in [3.63, 3.8) is 0 Å². The van der Waals surface area contributed by atoms with Gasteiger partial charge in [0, 0.05) is 13.5 Å². The molecule has 0 spiro atoms. The van der Waals surface area contributed by atoms with Crippen LogP contribution in [0.15, 0.2) is 54.6 Å². The highest BCUT2D eigenvalue weighted by Gasteiger charge is 2.15. The molecule has 0 aliphatic carbocycles. The summed E-state index contributed by atoms with van der Waals surface area (Å²) < 4.78 is 10.6. The summed E-state index contributed by atoms with van der Waals surface area (Å²) in [6, 6.07) is 17.4. The van der Waals surface area contributed by atoms with Crippen molar-refractivity contribution in [2.24, 2.45) is 0 Å². The molecule has 0 heterocycles. The molecule has 0 aromatic heterocycles. The van der Waals surface area contributed by atoms with E-state index in [2.05, 4.69) is 0 Å². The summed E-state index contributed by atoms with van der Waals surface area (Å²) in [5.41, 5.74) is 2.57. The molecule has 0 saturated heterocycles. The van der Waals surface area contributed by atoms with E-state index in [0.29, 0.717) is 18.6 Å². The van der Waals surface area contributed by atoms with Crippen LogP contribution in [-0.2, 0) is 22.5 Å². The average Bonchev–Trinajstić information content (AvgIpc) is 2.49. The van der Waals surface area contributed by atoms with E-state index >= 15 is 0 Å². The Morgan fingerprint density at radius 3 is 2.43 bits per heavy atom. The molecular formula is C18H20O3. The lowest BCUT2D eigenvalue weighted by Gasteiger charge is -2.15. The van der Waals surface area contributed by atoms with Crippen LogP contribution in [0, 0.1) is 0 Å². The Hall–Kier alpha value is -2.13. The van der Waals surface area contributed by atoms with E-state index in [1.807, 2.05) is 55.5 Å². The first-order valence-electron chi connectivity index (χ1n) is 7.02. The molecule has 1 unspecified atom stereocenters. The minimum Gasteiger partial charge on any atom is -0.459 e. The van der Waals surface area contributed by atoms with Crippen molar-refractivity contribution >= 4 is 5.97 Å². The highest BCUT2D eigenvalue weighted by molar-refractivity contribution is 5.91. The van der Waals surface area contributed by atoms with Gasteiger partial charge >= 0.3 is 5.97 Å². The summed E-state index contributed by atoms with van der Waals surface area (Å²) in [7, 11) is 1.61. The van der Waals surface area contributed by atoms with Crippen LogP contribution in [0.1, 0.15) is 28.4 Å². The van der Waals surface area contributed by atoms with Gasteiger partial charge in [-0.3, -0.25) is 0 Å². The molecule has 3 heteroatoms. The SMILES string of the molecule is COCc1ccccc1C(=O)OC(C)Cc1ccccc1. The third-order valence-electron chi connectivity index (χ3n) is 3.21. The van der Waals surface area contributed by atoms with E-state index in [9.17, 15) is 4.79 Å². The lowest BCUT2D eigenvalue weighted by molar-refractivity contribution is 0.0338.